The second kappa shape index (κ2) is 7.57. The Morgan fingerprint density at radius 2 is 1.92 bits per heavy atom. The minimum absolute atomic E-state index is 0.329. The molecule has 1 aromatic carbocycles. The summed E-state index contributed by atoms with van der Waals surface area (Å²) in [5, 5.41) is 4.17. The molecule has 8 heteroatoms. The molecule has 0 saturated carbocycles. The van der Waals surface area contributed by atoms with Crippen LogP contribution < -0.4 is 0 Å². The van der Waals surface area contributed by atoms with E-state index in [-0.39, 0.29) is 0 Å². The summed E-state index contributed by atoms with van der Waals surface area (Å²) in [7, 11) is -3.47. The van der Waals surface area contributed by atoms with E-state index >= 15 is 0 Å². The average molecular weight is 427 g/mol. The van der Waals surface area contributed by atoms with Crippen LogP contribution in [0.15, 0.2) is 39.8 Å². The highest BCUT2D eigenvalue weighted by Crippen LogP contribution is 2.22. The van der Waals surface area contributed by atoms with Gasteiger partial charge in [0.25, 0.3) is 0 Å². The molecule has 6 nitrogen and oxygen atoms in total. The van der Waals surface area contributed by atoms with E-state index in [4.69, 9.17) is 0 Å². The van der Waals surface area contributed by atoms with Gasteiger partial charge in [-0.05, 0) is 31.5 Å². The van der Waals surface area contributed by atoms with Gasteiger partial charge in [0.2, 0.25) is 10.0 Å². The molecule has 0 unspecified atom stereocenters. The van der Waals surface area contributed by atoms with Crippen LogP contribution in [0.1, 0.15) is 18.2 Å². The van der Waals surface area contributed by atoms with Gasteiger partial charge in [0.1, 0.15) is 4.90 Å². The summed E-state index contributed by atoms with van der Waals surface area (Å²) in [5.41, 5.74) is 1.94. The lowest BCUT2D eigenvalue weighted by atomic mass is 10.2. The van der Waals surface area contributed by atoms with Crippen molar-refractivity contribution in [3.8, 4) is 0 Å². The van der Waals surface area contributed by atoms with Crippen LogP contribution in [0.5, 0.6) is 0 Å². The summed E-state index contributed by atoms with van der Waals surface area (Å²) in [6, 6.07) is 8.23. The number of aromatic nitrogens is 2. The Kier molecular flexibility index (Phi) is 5.62. The van der Waals surface area contributed by atoms with Gasteiger partial charge in [-0.15, -0.1) is 0 Å². The summed E-state index contributed by atoms with van der Waals surface area (Å²) >= 11 is 3.49. The molecule has 0 amide bonds. The molecular weight excluding hydrogens is 404 g/mol. The fourth-order valence-electron chi connectivity index (χ4n) is 3.16. The molecule has 0 spiro atoms. The minimum atomic E-state index is -3.47. The summed E-state index contributed by atoms with van der Waals surface area (Å²) < 4.78 is 30.2. The van der Waals surface area contributed by atoms with Gasteiger partial charge in [0.15, 0.2) is 0 Å². The highest BCUT2D eigenvalue weighted by molar-refractivity contribution is 9.10. The zero-order chi connectivity index (χ0) is 18.0. The molecule has 3 rings (SSSR count). The third-order valence-electron chi connectivity index (χ3n) is 4.60. The van der Waals surface area contributed by atoms with Gasteiger partial charge >= 0.3 is 0 Å². The number of piperazine rings is 1. The first-order chi connectivity index (χ1) is 11.9. The van der Waals surface area contributed by atoms with Crippen LogP contribution in [0.3, 0.4) is 0 Å². The van der Waals surface area contributed by atoms with Crippen molar-refractivity contribution in [3.63, 3.8) is 0 Å². The van der Waals surface area contributed by atoms with Crippen LogP contribution in [-0.4, -0.2) is 53.6 Å². The molecule has 0 atom stereocenters. The van der Waals surface area contributed by atoms with Crippen LogP contribution in [-0.2, 0) is 23.1 Å². The number of nitrogens with zero attached hydrogens (tertiary/aromatic N) is 4. The summed E-state index contributed by atoms with van der Waals surface area (Å²) in [4.78, 5) is 2.62. The molecule has 2 heterocycles. The fraction of sp³-hybridized carbons (Fsp3) is 0.471. The van der Waals surface area contributed by atoms with Gasteiger partial charge in [0, 0.05) is 43.7 Å². The molecule has 1 aromatic heterocycles. The van der Waals surface area contributed by atoms with Crippen LogP contribution in [0, 0.1) is 6.92 Å². The smallest absolute Gasteiger partial charge is 0.246 e. The number of hydrogen-bond acceptors (Lipinski definition) is 4. The van der Waals surface area contributed by atoms with Crippen molar-refractivity contribution < 1.29 is 8.42 Å². The molecule has 1 fully saturated rings. The highest BCUT2D eigenvalue weighted by Gasteiger charge is 2.31. The van der Waals surface area contributed by atoms with Gasteiger partial charge in [0.05, 0.1) is 11.9 Å². The van der Waals surface area contributed by atoms with E-state index in [2.05, 4.69) is 38.1 Å². The monoisotopic (exact) mass is 426 g/mol. The SMILES string of the molecule is CCn1ncc(S(=O)(=O)N2CCN(Cc3cccc(Br)c3)CC2)c1C. The van der Waals surface area contributed by atoms with E-state index in [0.717, 1.165) is 24.1 Å². The predicted molar refractivity (Wildman–Crippen MR) is 101 cm³/mol. The summed E-state index contributed by atoms with van der Waals surface area (Å²) in [6.07, 6.45) is 1.47. The molecule has 1 aliphatic heterocycles. The van der Waals surface area contributed by atoms with E-state index in [1.165, 1.54) is 11.8 Å². The van der Waals surface area contributed by atoms with E-state index in [0.29, 0.717) is 30.2 Å². The maximum absolute atomic E-state index is 12.9. The van der Waals surface area contributed by atoms with Gasteiger partial charge in [-0.1, -0.05) is 28.1 Å². The third kappa shape index (κ3) is 3.97. The third-order valence-corrected chi connectivity index (χ3v) is 7.10. The largest absolute Gasteiger partial charge is 0.296 e. The number of hydrogen-bond donors (Lipinski definition) is 0. The normalized spacial score (nSPS) is 17.1. The molecule has 0 radical (unpaired) electrons. The average Bonchev–Trinajstić information content (AvgIpc) is 2.97. The molecule has 1 saturated heterocycles. The Bertz CT molecular complexity index is 842. The Morgan fingerprint density at radius 3 is 2.52 bits per heavy atom. The molecule has 2 aromatic rings. The highest BCUT2D eigenvalue weighted by atomic mass is 79.9. The topological polar surface area (TPSA) is 58.4 Å². The zero-order valence-corrected chi connectivity index (χ0v) is 16.9. The molecule has 136 valence electrons. The first kappa shape index (κ1) is 18.6. The van der Waals surface area contributed by atoms with Gasteiger partial charge in [-0.25, -0.2) is 8.42 Å². The number of halogens is 1. The first-order valence-corrected chi connectivity index (χ1v) is 10.6. The van der Waals surface area contributed by atoms with Crippen molar-refractivity contribution in [2.24, 2.45) is 0 Å². The number of rotatable bonds is 5. The van der Waals surface area contributed by atoms with E-state index in [9.17, 15) is 8.42 Å². The number of aryl methyl sites for hydroxylation is 1. The van der Waals surface area contributed by atoms with E-state index in [1.807, 2.05) is 26.0 Å². The van der Waals surface area contributed by atoms with E-state index < -0.39 is 10.0 Å². The van der Waals surface area contributed by atoms with Crippen molar-refractivity contribution >= 4 is 26.0 Å². The molecule has 0 N–H and O–H groups in total. The predicted octanol–water partition coefficient (Wildman–Crippen LogP) is 2.48. The summed E-state index contributed by atoms with van der Waals surface area (Å²) in [5.74, 6) is 0. The zero-order valence-electron chi connectivity index (χ0n) is 14.5. The van der Waals surface area contributed by atoms with Crippen molar-refractivity contribution in [2.75, 3.05) is 26.2 Å². The number of benzene rings is 1. The molecule has 25 heavy (non-hydrogen) atoms. The van der Waals surface area contributed by atoms with Gasteiger partial charge in [-0.3, -0.25) is 9.58 Å². The second-order valence-corrected chi connectivity index (χ2v) is 9.04. The van der Waals surface area contributed by atoms with Crippen LogP contribution in [0.25, 0.3) is 0 Å². The fourth-order valence-corrected chi connectivity index (χ4v) is 5.19. The van der Waals surface area contributed by atoms with Crippen molar-refractivity contribution in [1.29, 1.82) is 0 Å². The van der Waals surface area contributed by atoms with Crippen LogP contribution >= 0.6 is 15.9 Å². The van der Waals surface area contributed by atoms with Gasteiger partial charge in [-0.2, -0.15) is 9.40 Å². The van der Waals surface area contributed by atoms with Crippen molar-refractivity contribution in [1.82, 2.24) is 19.0 Å². The lowest BCUT2D eigenvalue weighted by Crippen LogP contribution is -2.48. The first-order valence-electron chi connectivity index (χ1n) is 8.41. The van der Waals surface area contributed by atoms with Crippen molar-refractivity contribution in [3.05, 3.63) is 46.2 Å². The lowest BCUT2D eigenvalue weighted by molar-refractivity contribution is 0.181. The van der Waals surface area contributed by atoms with Gasteiger partial charge < -0.3 is 0 Å². The maximum Gasteiger partial charge on any atom is 0.246 e. The minimum Gasteiger partial charge on any atom is -0.296 e. The van der Waals surface area contributed by atoms with E-state index in [1.54, 1.807) is 8.99 Å². The molecular formula is C17H23BrN4O2S. The Hall–Kier alpha value is -1.22. The van der Waals surface area contributed by atoms with Crippen molar-refractivity contribution in [2.45, 2.75) is 31.8 Å². The summed E-state index contributed by atoms with van der Waals surface area (Å²) in [6.45, 7) is 7.74. The lowest BCUT2D eigenvalue weighted by Gasteiger charge is -2.33. The Labute approximate surface area is 157 Å². The standard InChI is InChI=1S/C17H23BrN4O2S/c1-3-22-14(2)17(12-19-22)25(23,24)21-9-7-20(8-10-21)13-15-5-4-6-16(18)11-15/h4-6,11-12H,3,7-10,13H2,1-2H3. The Morgan fingerprint density at radius 1 is 1.20 bits per heavy atom. The molecule has 0 bridgehead atoms. The molecule has 1 aliphatic rings. The quantitative estimate of drug-likeness (QED) is 0.736. The molecule has 0 aliphatic carbocycles. The number of sulfonamides is 1. The second-order valence-electron chi connectivity index (χ2n) is 6.22. The Balaban J connectivity index is 1.66. The maximum atomic E-state index is 12.9. The van der Waals surface area contributed by atoms with Crippen LogP contribution in [0.2, 0.25) is 0 Å². The van der Waals surface area contributed by atoms with Crippen LogP contribution in [0.4, 0.5) is 0 Å².